The second-order valence-electron chi connectivity index (χ2n) is 12.7. The SMILES string of the molecule is N#Cc1ccc2c(c1)C1(c3cc(-c4nc(-c5ccccc5)nc(-c5ccccc5)n4)ccc3-2)c2ccccc2-c2c1ccc1ccccc21. The van der Waals surface area contributed by atoms with Crippen LogP contribution in [0.3, 0.4) is 0 Å². The molecule has 0 saturated carbocycles. The van der Waals surface area contributed by atoms with Gasteiger partial charge >= 0.3 is 0 Å². The first-order chi connectivity index (χ1) is 24.2. The van der Waals surface area contributed by atoms with Gasteiger partial charge in [-0.25, -0.2) is 15.0 Å². The van der Waals surface area contributed by atoms with E-state index in [2.05, 4.69) is 97.1 Å². The van der Waals surface area contributed by atoms with Gasteiger partial charge in [-0.15, -0.1) is 0 Å². The Balaban J connectivity index is 1.28. The molecule has 226 valence electrons. The van der Waals surface area contributed by atoms with Gasteiger partial charge in [0, 0.05) is 16.7 Å². The molecule has 2 aliphatic carbocycles. The molecule has 4 heteroatoms. The third-order valence-corrected chi connectivity index (χ3v) is 10.2. The van der Waals surface area contributed by atoms with Gasteiger partial charge in [0.15, 0.2) is 17.5 Å². The van der Waals surface area contributed by atoms with Crippen LogP contribution in [0.4, 0.5) is 0 Å². The Hall–Kier alpha value is -6.70. The average Bonchev–Trinajstić information content (AvgIpc) is 3.65. The van der Waals surface area contributed by atoms with E-state index >= 15 is 0 Å². The maximum absolute atomic E-state index is 10.1. The van der Waals surface area contributed by atoms with Gasteiger partial charge in [0.1, 0.15) is 0 Å². The van der Waals surface area contributed by atoms with Gasteiger partial charge in [-0.1, -0.05) is 140 Å². The zero-order chi connectivity index (χ0) is 32.5. The third-order valence-electron chi connectivity index (χ3n) is 10.2. The minimum Gasteiger partial charge on any atom is -0.208 e. The minimum atomic E-state index is -0.624. The highest BCUT2D eigenvalue weighted by atomic mass is 15.0. The summed E-state index contributed by atoms with van der Waals surface area (Å²) in [7, 11) is 0. The molecular weight excluding hydrogens is 597 g/mol. The number of nitriles is 1. The summed E-state index contributed by atoms with van der Waals surface area (Å²) in [6.45, 7) is 0. The second-order valence-corrected chi connectivity index (χ2v) is 12.7. The number of benzene rings is 7. The molecule has 0 radical (unpaired) electrons. The smallest absolute Gasteiger partial charge is 0.164 e. The summed E-state index contributed by atoms with van der Waals surface area (Å²) < 4.78 is 0. The van der Waals surface area contributed by atoms with Crippen LogP contribution in [0.25, 0.3) is 67.2 Å². The van der Waals surface area contributed by atoms with Gasteiger partial charge in [0.05, 0.1) is 17.0 Å². The Morgan fingerprint density at radius 2 is 1.02 bits per heavy atom. The predicted molar refractivity (Wildman–Crippen MR) is 195 cm³/mol. The number of nitrogens with zero attached hydrogens (tertiary/aromatic N) is 4. The van der Waals surface area contributed by atoms with Crippen LogP contribution in [0.5, 0.6) is 0 Å². The highest BCUT2D eigenvalue weighted by molar-refractivity contribution is 6.06. The molecule has 4 nitrogen and oxygen atoms in total. The van der Waals surface area contributed by atoms with E-state index in [-0.39, 0.29) is 0 Å². The number of aromatic nitrogens is 3. The fraction of sp³-hybridized carbons (Fsp3) is 0.0222. The van der Waals surface area contributed by atoms with Crippen LogP contribution in [-0.4, -0.2) is 15.0 Å². The van der Waals surface area contributed by atoms with Crippen molar-refractivity contribution in [3.05, 3.63) is 186 Å². The van der Waals surface area contributed by atoms with Crippen molar-refractivity contribution in [1.82, 2.24) is 15.0 Å². The Morgan fingerprint density at radius 1 is 0.429 bits per heavy atom. The normalized spacial score (nSPS) is 15.0. The Bertz CT molecular complexity index is 2620. The summed E-state index contributed by atoms with van der Waals surface area (Å²) in [4.78, 5) is 15.1. The summed E-state index contributed by atoms with van der Waals surface area (Å²) >= 11 is 0. The first kappa shape index (κ1) is 27.4. The van der Waals surface area contributed by atoms with E-state index < -0.39 is 5.41 Å². The minimum absolute atomic E-state index is 0.615. The first-order valence-corrected chi connectivity index (χ1v) is 16.4. The van der Waals surface area contributed by atoms with Crippen molar-refractivity contribution in [2.24, 2.45) is 0 Å². The number of hydrogen-bond donors (Lipinski definition) is 0. The quantitative estimate of drug-likeness (QED) is 0.197. The lowest BCUT2D eigenvalue weighted by Crippen LogP contribution is -2.26. The standard InChI is InChI=1S/C45H26N4/c46-27-28-19-22-34-35-23-20-32(44-48-42(30-12-3-1-4-13-30)47-43(49-44)31-14-5-2-6-15-31)26-40(35)45(39(34)25-28)37-18-10-9-17-36(37)41-33-16-8-7-11-29(33)21-24-38(41)45/h1-26H. The van der Waals surface area contributed by atoms with Crippen molar-refractivity contribution in [3.8, 4) is 62.5 Å². The molecule has 1 spiro atoms. The summed E-state index contributed by atoms with van der Waals surface area (Å²) in [5.74, 6) is 1.87. The van der Waals surface area contributed by atoms with Crippen molar-refractivity contribution >= 4 is 10.8 Å². The molecule has 1 atom stereocenters. The maximum atomic E-state index is 10.1. The largest absolute Gasteiger partial charge is 0.208 e. The fourth-order valence-electron chi connectivity index (χ4n) is 8.10. The fourth-order valence-corrected chi connectivity index (χ4v) is 8.10. The Kier molecular flexibility index (Phi) is 5.82. The van der Waals surface area contributed by atoms with Crippen molar-refractivity contribution < 1.29 is 0 Å². The van der Waals surface area contributed by atoms with Crippen molar-refractivity contribution in [3.63, 3.8) is 0 Å². The van der Waals surface area contributed by atoms with Gasteiger partial charge in [0.25, 0.3) is 0 Å². The van der Waals surface area contributed by atoms with E-state index in [1.807, 2.05) is 66.7 Å². The number of hydrogen-bond acceptors (Lipinski definition) is 4. The van der Waals surface area contributed by atoms with Gasteiger partial charge < -0.3 is 0 Å². The molecule has 0 saturated heterocycles. The van der Waals surface area contributed by atoms with E-state index in [0.717, 1.165) is 33.4 Å². The summed E-state index contributed by atoms with van der Waals surface area (Å²) in [5, 5.41) is 12.5. The monoisotopic (exact) mass is 622 g/mol. The van der Waals surface area contributed by atoms with Crippen molar-refractivity contribution in [2.45, 2.75) is 5.41 Å². The molecule has 1 unspecified atom stereocenters. The van der Waals surface area contributed by atoms with Gasteiger partial charge in [0.2, 0.25) is 0 Å². The van der Waals surface area contributed by atoms with Crippen LogP contribution in [0.2, 0.25) is 0 Å². The van der Waals surface area contributed by atoms with E-state index in [1.165, 1.54) is 38.6 Å². The molecule has 49 heavy (non-hydrogen) atoms. The highest BCUT2D eigenvalue weighted by Gasteiger charge is 2.52. The lowest BCUT2D eigenvalue weighted by molar-refractivity contribution is 0.794. The number of rotatable bonds is 3. The zero-order valence-corrected chi connectivity index (χ0v) is 26.3. The molecule has 1 aromatic heterocycles. The Morgan fingerprint density at radius 3 is 1.73 bits per heavy atom. The predicted octanol–water partition coefficient (Wildman–Crippen LogP) is 10.2. The topological polar surface area (TPSA) is 62.5 Å². The molecule has 10 rings (SSSR count). The van der Waals surface area contributed by atoms with Crippen LogP contribution in [0.1, 0.15) is 27.8 Å². The molecule has 1 heterocycles. The zero-order valence-electron chi connectivity index (χ0n) is 26.3. The van der Waals surface area contributed by atoms with Crippen LogP contribution in [-0.2, 0) is 5.41 Å². The van der Waals surface area contributed by atoms with E-state index in [0.29, 0.717) is 23.0 Å². The van der Waals surface area contributed by atoms with Crippen LogP contribution >= 0.6 is 0 Å². The molecule has 0 aliphatic heterocycles. The van der Waals surface area contributed by atoms with E-state index in [1.54, 1.807) is 0 Å². The molecule has 0 fully saturated rings. The van der Waals surface area contributed by atoms with E-state index in [9.17, 15) is 5.26 Å². The molecule has 0 N–H and O–H groups in total. The van der Waals surface area contributed by atoms with Crippen LogP contribution in [0.15, 0.2) is 158 Å². The number of fused-ring (bicyclic) bond motifs is 12. The maximum Gasteiger partial charge on any atom is 0.164 e. The average molecular weight is 623 g/mol. The van der Waals surface area contributed by atoms with Crippen molar-refractivity contribution in [2.75, 3.05) is 0 Å². The lowest BCUT2D eigenvalue weighted by atomic mass is 9.70. The van der Waals surface area contributed by atoms with E-state index in [4.69, 9.17) is 15.0 Å². The van der Waals surface area contributed by atoms with Crippen LogP contribution in [0, 0.1) is 11.3 Å². The summed E-state index contributed by atoms with van der Waals surface area (Å²) in [6, 6.07) is 57.3. The van der Waals surface area contributed by atoms with Crippen LogP contribution < -0.4 is 0 Å². The van der Waals surface area contributed by atoms with Gasteiger partial charge in [-0.2, -0.15) is 5.26 Å². The summed E-state index contributed by atoms with van der Waals surface area (Å²) in [6.07, 6.45) is 0. The third kappa shape index (κ3) is 3.88. The second kappa shape index (κ2) is 10.4. The molecular formula is C45H26N4. The Labute approximate surface area is 283 Å². The highest BCUT2D eigenvalue weighted by Crippen LogP contribution is 2.64. The molecule has 2 aliphatic rings. The summed E-state index contributed by atoms with van der Waals surface area (Å²) in [5.41, 5.74) is 12.3. The van der Waals surface area contributed by atoms with Gasteiger partial charge in [-0.05, 0) is 73.5 Å². The first-order valence-electron chi connectivity index (χ1n) is 16.4. The van der Waals surface area contributed by atoms with Crippen molar-refractivity contribution in [1.29, 1.82) is 5.26 Å². The molecule has 7 aromatic carbocycles. The molecule has 0 bridgehead atoms. The molecule has 0 amide bonds. The lowest BCUT2D eigenvalue weighted by Gasteiger charge is -2.31. The molecule has 8 aromatic rings. The van der Waals surface area contributed by atoms with Gasteiger partial charge in [-0.3, -0.25) is 0 Å².